The Labute approximate surface area is 86.9 Å². The summed E-state index contributed by atoms with van der Waals surface area (Å²) in [5.74, 6) is 1.41. The fraction of sp³-hybridized carbons (Fsp3) is 0.333. The molecule has 0 saturated carbocycles. The average Bonchev–Trinajstić information content (AvgIpc) is 2.16. The molecule has 2 nitrogen and oxygen atoms in total. The van der Waals surface area contributed by atoms with Crippen LogP contribution in [0.5, 0.6) is 5.75 Å². The first-order chi connectivity index (χ1) is 6.27. The van der Waals surface area contributed by atoms with Crippen molar-refractivity contribution >= 4 is 23.4 Å². The summed E-state index contributed by atoms with van der Waals surface area (Å²) in [4.78, 5) is 0.969. The number of halogens is 1. The minimum atomic E-state index is 0.160. The largest absolute Gasteiger partial charge is 0.497 e. The second kappa shape index (κ2) is 5.37. The van der Waals surface area contributed by atoms with Crippen LogP contribution in [0.3, 0.4) is 0 Å². The number of hydrogen-bond acceptors (Lipinski definition) is 3. The Morgan fingerprint density at radius 3 is 2.85 bits per heavy atom. The lowest BCUT2D eigenvalue weighted by Gasteiger charge is -2.04. The van der Waals surface area contributed by atoms with Gasteiger partial charge in [-0.2, -0.15) is 0 Å². The van der Waals surface area contributed by atoms with Crippen molar-refractivity contribution in [1.82, 2.24) is 0 Å². The van der Waals surface area contributed by atoms with Crippen molar-refractivity contribution in [3.63, 3.8) is 0 Å². The molecule has 0 aliphatic rings. The Kier molecular flexibility index (Phi) is 4.42. The van der Waals surface area contributed by atoms with Gasteiger partial charge in [0.15, 0.2) is 0 Å². The quantitative estimate of drug-likeness (QED) is 0.788. The van der Waals surface area contributed by atoms with Gasteiger partial charge in [0.2, 0.25) is 0 Å². The zero-order valence-corrected chi connectivity index (χ0v) is 8.86. The van der Waals surface area contributed by atoms with Crippen LogP contribution in [0.15, 0.2) is 23.1 Å². The van der Waals surface area contributed by atoms with E-state index in [1.807, 2.05) is 12.1 Å². The Morgan fingerprint density at radius 2 is 2.31 bits per heavy atom. The first-order valence-corrected chi connectivity index (χ1v) is 5.21. The third kappa shape index (κ3) is 3.10. The van der Waals surface area contributed by atoms with Crippen molar-refractivity contribution in [3.8, 4) is 5.75 Å². The number of ether oxygens (including phenoxy) is 1. The molecule has 0 heterocycles. The number of rotatable bonds is 4. The average molecular weight is 219 g/mol. The van der Waals surface area contributed by atoms with Crippen LogP contribution in [-0.2, 0) is 0 Å². The highest BCUT2D eigenvalue weighted by molar-refractivity contribution is 7.99. The summed E-state index contributed by atoms with van der Waals surface area (Å²) in [5, 5.41) is 9.30. The van der Waals surface area contributed by atoms with Gasteiger partial charge < -0.3 is 9.84 Å². The summed E-state index contributed by atoms with van der Waals surface area (Å²) in [6.07, 6.45) is 0. The molecule has 0 atom stereocenters. The molecule has 0 fully saturated rings. The van der Waals surface area contributed by atoms with Crippen LogP contribution in [0.2, 0.25) is 5.02 Å². The van der Waals surface area contributed by atoms with Crippen molar-refractivity contribution in [3.05, 3.63) is 23.2 Å². The summed E-state index contributed by atoms with van der Waals surface area (Å²) in [5.41, 5.74) is 0. The lowest BCUT2D eigenvalue weighted by atomic mass is 10.3. The minimum absolute atomic E-state index is 0.160. The molecule has 1 aromatic carbocycles. The topological polar surface area (TPSA) is 29.5 Å². The molecule has 0 amide bonds. The summed E-state index contributed by atoms with van der Waals surface area (Å²) >= 11 is 7.49. The molecule has 0 aliphatic carbocycles. The van der Waals surface area contributed by atoms with Gasteiger partial charge in [-0.25, -0.2) is 0 Å². The van der Waals surface area contributed by atoms with Gasteiger partial charge >= 0.3 is 0 Å². The third-order valence-corrected chi connectivity index (χ3v) is 2.97. The Morgan fingerprint density at radius 1 is 1.54 bits per heavy atom. The SMILES string of the molecule is COc1ccc(SCCO)c(Cl)c1. The van der Waals surface area contributed by atoms with Crippen molar-refractivity contribution in [1.29, 1.82) is 0 Å². The second-order valence-electron chi connectivity index (χ2n) is 2.37. The second-order valence-corrected chi connectivity index (χ2v) is 3.91. The molecular weight excluding hydrogens is 208 g/mol. The van der Waals surface area contributed by atoms with E-state index in [4.69, 9.17) is 21.4 Å². The molecule has 0 aliphatic heterocycles. The summed E-state index contributed by atoms with van der Waals surface area (Å²) in [6, 6.07) is 5.51. The summed E-state index contributed by atoms with van der Waals surface area (Å²) in [7, 11) is 1.60. The molecule has 13 heavy (non-hydrogen) atoms. The fourth-order valence-corrected chi connectivity index (χ4v) is 1.89. The Hall–Kier alpha value is -0.380. The maximum Gasteiger partial charge on any atom is 0.120 e. The van der Waals surface area contributed by atoms with Gasteiger partial charge in [-0.05, 0) is 18.2 Å². The number of hydrogen-bond donors (Lipinski definition) is 1. The van der Waals surface area contributed by atoms with Crippen LogP contribution in [0, 0.1) is 0 Å². The van der Waals surface area contributed by atoms with Crippen LogP contribution < -0.4 is 4.74 Å². The zero-order chi connectivity index (χ0) is 9.68. The third-order valence-electron chi connectivity index (χ3n) is 1.49. The monoisotopic (exact) mass is 218 g/mol. The number of aliphatic hydroxyl groups excluding tert-OH is 1. The number of thioether (sulfide) groups is 1. The van der Waals surface area contributed by atoms with Gasteiger partial charge in [0, 0.05) is 10.6 Å². The van der Waals surface area contributed by atoms with Crippen molar-refractivity contribution in [2.75, 3.05) is 19.5 Å². The van der Waals surface area contributed by atoms with Crippen LogP contribution in [0.1, 0.15) is 0 Å². The van der Waals surface area contributed by atoms with Gasteiger partial charge in [-0.1, -0.05) is 11.6 Å². The summed E-state index contributed by atoms with van der Waals surface area (Å²) in [6.45, 7) is 0.160. The molecule has 1 N–H and O–H groups in total. The van der Waals surface area contributed by atoms with Crippen molar-refractivity contribution in [2.45, 2.75) is 4.90 Å². The van der Waals surface area contributed by atoms with Gasteiger partial charge in [-0.3, -0.25) is 0 Å². The van der Waals surface area contributed by atoms with E-state index in [0.29, 0.717) is 10.8 Å². The molecule has 72 valence electrons. The molecule has 0 bridgehead atoms. The Balaban J connectivity index is 2.73. The maximum absolute atomic E-state index is 8.63. The van der Waals surface area contributed by atoms with Crippen LogP contribution in [0.4, 0.5) is 0 Å². The molecular formula is C9H11ClO2S. The van der Waals surface area contributed by atoms with Crippen LogP contribution >= 0.6 is 23.4 Å². The highest BCUT2D eigenvalue weighted by Gasteiger charge is 2.01. The lowest BCUT2D eigenvalue weighted by Crippen LogP contribution is -1.87. The fourth-order valence-electron chi connectivity index (χ4n) is 0.881. The maximum atomic E-state index is 8.63. The number of methoxy groups -OCH3 is 1. The minimum Gasteiger partial charge on any atom is -0.497 e. The van der Waals surface area contributed by atoms with Gasteiger partial charge in [0.05, 0.1) is 18.7 Å². The van der Waals surface area contributed by atoms with E-state index in [2.05, 4.69) is 0 Å². The van der Waals surface area contributed by atoms with E-state index in [1.54, 1.807) is 13.2 Å². The predicted molar refractivity (Wildman–Crippen MR) is 55.8 cm³/mol. The van der Waals surface area contributed by atoms with Crippen molar-refractivity contribution in [2.24, 2.45) is 0 Å². The number of benzene rings is 1. The smallest absolute Gasteiger partial charge is 0.120 e. The molecule has 4 heteroatoms. The Bertz CT molecular complexity index is 278. The standard InChI is InChI=1S/C9H11ClO2S/c1-12-7-2-3-9(8(10)6-7)13-5-4-11/h2-3,6,11H,4-5H2,1H3. The number of aliphatic hydroxyl groups is 1. The normalized spacial score (nSPS) is 10.1. The van der Waals surface area contributed by atoms with Gasteiger partial charge in [-0.15, -0.1) is 11.8 Å². The van der Waals surface area contributed by atoms with Crippen LogP contribution in [0.25, 0.3) is 0 Å². The molecule has 0 spiro atoms. The first-order valence-electron chi connectivity index (χ1n) is 3.85. The van der Waals surface area contributed by atoms with E-state index in [0.717, 1.165) is 10.6 Å². The van der Waals surface area contributed by atoms with E-state index >= 15 is 0 Å². The zero-order valence-electron chi connectivity index (χ0n) is 7.29. The summed E-state index contributed by atoms with van der Waals surface area (Å²) < 4.78 is 5.01. The van der Waals surface area contributed by atoms with Gasteiger partial charge in [0.1, 0.15) is 5.75 Å². The molecule has 1 rings (SSSR count). The molecule has 0 aromatic heterocycles. The van der Waals surface area contributed by atoms with Crippen LogP contribution in [-0.4, -0.2) is 24.6 Å². The first kappa shape index (κ1) is 10.7. The molecule has 0 saturated heterocycles. The predicted octanol–water partition coefficient (Wildman–Crippen LogP) is 2.43. The van der Waals surface area contributed by atoms with E-state index in [1.165, 1.54) is 11.8 Å². The molecule has 0 unspecified atom stereocenters. The van der Waals surface area contributed by atoms with E-state index < -0.39 is 0 Å². The molecule has 1 aromatic rings. The van der Waals surface area contributed by atoms with E-state index in [9.17, 15) is 0 Å². The van der Waals surface area contributed by atoms with E-state index in [-0.39, 0.29) is 6.61 Å². The highest BCUT2D eigenvalue weighted by Crippen LogP contribution is 2.30. The van der Waals surface area contributed by atoms with Crippen molar-refractivity contribution < 1.29 is 9.84 Å². The molecule has 0 radical (unpaired) electrons. The lowest BCUT2D eigenvalue weighted by molar-refractivity contribution is 0.322. The van der Waals surface area contributed by atoms with Gasteiger partial charge in [0.25, 0.3) is 0 Å². The highest BCUT2D eigenvalue weighted by atomic mass is 35.5.